The van der Waals surface area contributed by atoms with Crippen LogP contribution in [-0.2, 0) is 21.6 Å². The number of hydrogen-bond donors (Lipinski definition) is 1. The number of aryl methyl sites for hydroxylation is 1. The molecule has 0 radical (unpaired) electrons. The number of morpholine rings is 1. The van der Waals surface area contributed by atoms with Crippen molar-refractivity contribution in [3.05, 3.63) is 34.0 Å². The number of rotatable bonds is 5. The van der Waals surface area contributed by atoms with Gasteiger partial charge >= 0.3 is 0 Å². The molecule has 0 spiro atoms. The Morgan fingerprint density at radius 1 is 1.28 bits per heavy atom. The first kappa shape index (κ1) is 20.2. The molecule has 2 fully saturated rings. The van der Waals surface area contributed by atoms with Crippen molar-refractivity contribution in [2.75, 3.05) is 37.5 Å². The maximum Gasteiger partial charge on any atom is 0.220 e. The lowest BCUT2D eigenvalue weighted by Crippen LogP contribution is -2.37. The molecule has 156 valence electrons. The van der Waals surface area contributed by atoms with E-state index in [4.69, 9.17) is 16.3 Å². The second-order valence-corrected chi connectivity index (χ2v) is 9.82. The summed E-state index contributed by atoms with van der Waals surface area (Å²) in [6.07, 6.45) is 2.94. The number of aromatic nitrogens is 2. The zero-order valence-electron chi connectivity index (χ0n) is 16.2. The topological polar surface area (TPSA) is 102 Å². The maximum atomic E-state index is 13.4. The Morgan fingerprint density at radius 3 is 2.52 bits per heavy atom. The minimum absolute atomic E-state index is 0.0600. The van der Waals surface area contributed by atoms with Crippen molar-refractivity contribution in [2.45, 2.75) is 23.7 Å². The average Bonchev–Trinajstić information content (AvgIpc) is 3.47. The molecule has 8 nitrogen and oxygen atoms in total. The Morgan fingerprint density at radius 2 is 1.93 bits per heavy atom. The zero-order chi connectivity index (χ0) is 20.9. The van der Waals surface area contributed by atoms with Gasteiger partial charge in [0.25, 0.3) is 0 Å². The number of halogens is 1. The first-order chi connectivity index (χ1) is 13.7. The number of carbonyl (C=O) groups is 1. The molecule has 1 aliphatic carbocycles. The third-order valence-electron chi connectivity index (χ3n) is 5.29. The second kappa shape index (κ2) is 7.30. The molecule has 29 heavy (non-hydrogen) atoms. The Labute approximate surface area is 173 Å². The number of benzene rings is 1. The van der Waals surface area contributed by atoms with Gasteiger partial charge in [0.2, 0.25) is 11.7 Å². The van der Waals surface area contributed by atoms with E-state index < -0.39 is 15.6 Å². The van der Waals surface area contributed by atoms with Crippen molar-refractivity contribution in [1.82, 2.24) is 9.78 Å². The summed E-state index contributed by atoms with van der Waals surface area (Å²) in [6, 6.07) is 2.82. The Kier molecular flexibility index (Phi) is 5.08. The minimum Gasteiger partial charge on any atom is -0.493 e. The molecule has 0 atom stereocenters. The normalized spacial score (nSPS) is 17.6. The summed E-state index contributed by atoms with van der Waals surface area (Å²) < 4.78 is 31.3. The molecule has 4 rings (SSSR count). The first-order valence-corrected chi connectivity index (χ1v) is 11.6. The number of anilines is 1. The van der Waals surface area contributed by atoms with Gasteiger partial charge in [-0.05, 0) is 25.0 Å². The molecule has 2 aromatic rings. The molecule has 1 aromatic carbocycles. The van der Waals surface area contributed by atoms with Crippen LogP contribution < -0.4 is 4.90 Å². The summed E-state index contributed by atoms with van der Waals surface area (Å²) in [5.41, 5.74) is 1.15. The van der Waals surface area contributed by atoms with E-state index in [0.717, 1.165) is 19.1 Å². The SMILES string of the molecule is Cn1nc(C2CC2)c(C(=O)c2ccc(S(C)(=O)=O)c(N3CCOCC3)c2Cl)c1O. The number of hydrogen-bond acceptors (Lipinski definition) is 7. The second-order valence-electron chi connectivity index (χ2n) is 7.46. The average molecular weight is 440 g/mol. The van der Waals surface area contributed by atoms with Gasteiger partial charge in [0, 0.05) is 37.9 Å². The van der Waals surface area contributed by atoms with Gasteiger partial charge in [-0.2, -0.15) is 5.10 Å². The van der Waals surface area contributed by atoms with E-state index in [-0.39, 0.29) is 32.8 Å². The van der Waals surface area contributed by atoms with E-state index in [1.165, 1.54) is 16.8 Å². The van der Waals surface area contributed by atoms with E-state index >= 15 is 0 Å². The molecule has 1 N–H and O–H groups in total. The lowest BCUT2D eigenvalue weighted by atomic mass is 10.0. The van der Waals surface area contributed by atoms with Crippen LogP contribution in [0.4, 0.5) is 5.69 Å². The van der Waals surface area contributed by atoms with Crippen LogP contribution >= 0.6 is 11.6 Å². The standard InChI is InChI=1S/C19H22ClN3O5S/c1-22-19(25)14(16(21-22)11-3-4-11)18(24)12-5-6-13(29(2,26)27)17(15(12)20)23-7-9-28-10-8-23/h5-6,11,25H,3-4,7-10H2,1-2H3. The molecule has 1 saturated heterocycles. The van der Waals surface area contributed by atoms with Crippen molar-refractivity contribution in [3.63, 3.8) is 0 Å². The van der Waals surface area contributed by atoms with Crippen LogP contribution in [0.2, 0.25) is 5.02 Å². The van der Waals surface area contributed by atoms with Gasteiger partial charge in [0.05, 0.1) is 34.5 Å². The fourth-order valence-corrected chi connectivity index (χ4v) is 4.96. The summed E-state index contributed by atoms with van der Waals surface area (Å²) in [7, 11) is -2.00. The van der Waals surface area contributed by atoms with Crippen molar-refractivity contribution in [3.8, 4) is 5.88 Å². The van der Waals surface area contributed by atoms with Gasteiger partial charge in [-0.1, -0.05) is 11.6 Å². The number of nitrogens with zero attached hydrogens (tertiary/aromatic N) is 3. The highest BCUT2D eigenvalue weighted by Gasteiger charge is 2.36. The van der Waals surface area contributed by atoms with Gasteiger partial charge < -0.3 is 14.7 Å². The predicted molar refractivity (Wildman–Crippen MR) is 108 cm³/mol. The van der Waals surface area contributed by atoms with E-state index in [2.05, 4.69) is 5.10 Å². The van der Waals surface area contributed by atoms with Crippen LogP contribution in [0.3, 0.4) is 0 Å². The highest BCUT2D eigenvalue weighted by Crippen LogP contribution is 2.44. The molecular formula is C19H22ClN3O5S. The summed E-state index contributed by atoms with van der Waals surface area (Å²) in [6.45, 7) is 1.80. The summed E-state index contributed by atoms with van der Waals surface area (Å²) in [5, 5.41) is 14.8. The highest BCUT2D eigenvalue weighted by molar-refractivity contribution is 7.90. The van der Waals surface area contributed by atoms with Crippen LogP contribution in [0, 0.1) is 0 Å². The highest BCUT2D eigenvalue weighted by atomic mass is 35.5. The Bertz CT molecular complexity index is 1090. The van der Waals surface area contributed by atoms with E-state index in [1.807, 2.05) is 4.90 Å². The molecule has 0 bridgehead atoms. The Balaban J connectivity index is 1.86. The minimum atomic E-state index is -3.57. The largest absolute Gasteiger partial charge is 0.493 e. The monoisotopic (exact) mass is 439 g/mol. The molecule has 1 saturated carbocycles. The third-order valence-corrected chi connectivity index (χ3v) is 6.80. The maximum absolute atomic E-state index is 13.4. The fraction of sp³-hybridized carbons (Fsp3) is 0.474. The van der Waals surface area contributed by atoms with Crippen LogP contribution in [0.15, 0.2) is 17.0 Å². The molecule has 10 heteroatoms. The summed E-state index contributed by atoms with van der Waals surface area (Å²) >= 11 is 6.63. The number of sulfone groups is 1. The van der Waals surface area contributed by atoms with Gasteiger partial charge in [-0.25, -0.2) is 13.1 Å². The number of aromatic hydroxyl groups is 1. The van der Waals surface area contributed by atoms with Crippen molar-refractivity contribution in [2.24, 2.45) is 7.05 Å². The van der Waals surface area contributed by atoms with Crippen LogP contribution in [0.25, 0.3) is 0 Å². The lowest BCUT2D eigenvalue weighted by Gasteiger charge is -2.31. The third kappa shape index (κ3) is 3.62. The van der Waals surface area contributed by atoms with Gasteiger partial charge in [-0.15, -0.1) is 0 Å². The van der Waals surface area contributed by atoms with Crippen LogP contribution in [-0.4, -0.2) is 61.6 Å². The van der Waals surface area contributed by atoms with Gasteiger partial charge in [0.15, 0.2) is 9.84 Å². The molecule has 1 aliphatic heterocycles. The molecule has 2 aliphatic rings. The van der Waals surface area contributed by atoms with Gasteiger partial charge in [-0.3, -0.25) is 4.79 Å². The fourth-order valence-electron chi connectivity index (χ4n) is 3.63. The number of ether oxygens (including phenoxy) is 1. The summed E-state index contributed by atoms with van der Waals surface area (Å²) in [5.74, 6) is -0.529. The molecule has 2 heterocycles. The lowest BCUT2D eigenvalue weighted by molar-refractivity contribution is 0.103. The van der Waals surface area contributed by atoms with E-state index in [0.29, 0.717) is 37.7 Å². The van der Waals surface area contributed by atoms with Crippen LogP contribution in [0.1, 0.15) is 40.4 Å². The molecular weight excluding hydrogens is 418 g/mol. The summed E-state index contributed by atoms with van der Waals surface area (Å²) in [4.78, 5) is 15.3. The van der Waals surface area contributed by atoms with E-state index in [9.17, 15) is 18.3 Å². The number of ketones is 1. The Hall–Kier alpha value is -2.10. The molecule has 0 unspecified atom stereocenters. The molecule has 0 amide bonds. The van der Waals surface area contributed by atoms with Crippen LogP contribution in [0.5, 0.6) is 5.88 Å². The smallest absolute Gasteiger partial charge is 0.220 e. The first-order valence-electron chi connectivity index (χ1n) is 9.36. The van der Waals surface area contributed by atoms with Crippen molar-refractivity contribution >= 4 is 32.9 Å². The predicted octanol–water partition coefficient (Wildman–Crippen LogP) is 2.13. The van der Waals surface area contributed by atoms with Crippen molar-refractivity contribution < 1.29 is 23.1 Å². The molecule has 1 aromatic heterocycles. The zero-order valence-corrected chi connectivity index (χ0v) is 17.8. The van der Waals surface area contributed by atoms with Gasteiger partial charge in [0.1, 0.15) is 5.56 Å². The van der Waals surface area contributed by atoms with Crippen molar-refractivity contribution in [1.29, 1.82) is 0 Å². The van der Waals surface area contributed by atoms with E-state index in [1.54, 1.807) is 7.05 Å². The number of carbonyl (C=O) groups excluding carboxylic acids is 1. The quantitative estimate of drug-likeness (QED) is 0.712.